The third-order valence-corrected chi connectivity index (χ3v) is 3.52. The molecular formula is C13H18ClFN4O3. The molecule has 2 atom stereocenters. The molecule has 0 saturated carbocycles. The molecule has 1 saturated heterocycles. The largest absolute Gasteiger partial charge is 0.393 e. The van der Waals surface area contributed by atoms with E-state index < -0.39 is 22.3 Å². The maximum atomic E-state index is 13.4. The van der Waals surface area contributed by atoms with Crippen LogP contribution in [0.4, 0.5) is 15.8 Å². The van der Waals surface area contributed by atoms with Crippen LogP contribution in [0, 0.1) is 15.9 Å². The number of hydrogen-bond donors (Lipinski definition) is 3. The Morgan fingerprint density at radius 2 is 2.23 bits per heavy atom. The number of halogens is 2. The number of nitro benzene ring substituents is 1. The molecule has 2 rings (SSSR count). The van der Waals surface area contributed by atoms with Gasteiger partial charge in [0.1, 0.15) is 11.5 Å². The van der Waals surface area contributed by atoms with Crippen molar-refractivity contribution in [1.29, 1.82) is 0 Å². The summed E-state index contributed by atoms with van der Waals surface area (Å²) < 4.78 is 13.4. The van der Waals surface area contributed by atoms with E-state index >= 15 is 0 Å². The fourth-order valence-electron chi connectivity index (χ4n) is 2.47. The average Bonchev–Trinajstić information content (AvgIpc) is 2.40. The summed E-state index contributed by atoms with van der Waals surface area (Å²) in [7, 11) is 0. The van der Waals surface area contributed by atoms with Gasteiger partial charge in [-0.3, -0.25) is 14.9 Å². The molecule has 0 bridgehead atoms. The number of anilines is 1. The molecule has 1 aliphatic heterocycles. The third kappa shape index (κ3) is 4.05. The lowest BCUT2D eigenvalue weighted by atomic mass is 10.00. The Labute approximate surface area is 133 Å². The molecule has 122 valence electrons. The Bertz CT molecular complexity index is 585. The number of nitrogens with one attached hydrogen (secondary N) is 2. The summed E-state index contributed by atoms with van der Waals surface area (Å²) in [6.07, 6.45) is 1.48. The fourth-order valence-corrected chi connectivity index (χ4v) is 2.47. The molecular weight excluding hydrogens is 315 g/mol. The molecule has 1 fully saturated rings. The van der Waals surface area contributed by atoms with E-state index in [1.807, 2.05) is 6.92 Å². The summed E-state index contributed by atoms with van der Waals surface area (Å²) in [5, 5.41) is 16.8. The van der Waals surface area contributed by atoms with Gasteiger partial charge in [0.25, 0.3) is 11.6 Å². The lowest BCUT2D eigenvalue weighted by Crippen LogP contribution is -2.46. The van der Waals surface area contributed by atoms with Gasteiger partial charge in [-0.15, -0.1) is 12.4 Å². The number of nitro groups is 1. The van der Waals surface area contributed by atoms with Gasteiger partial charge in [-0.1, -0.05) is 0 Å². The molecule has 1 aromatic rings. The van der Waals surface area contributed by atoms with Gasteiger partial charge in [-0.05, 0) is 32.4 Å². The maximum Gasteiger partial charge on any atom is 0.295 e. The molecule has 7 nitrogen and oxygen atoms in total. The van der Waals surface area contributed by atoms with E-state index in [1.165, 1.54) is 0 Å². The number of amides is 1. The van der Waals surface area contributed by atoms with Crippen LogP contribution in [0.2, 0.25) is 0 Å². The first-order valence-corrected chi connectivity index (χ1v) is 6.66. The highest BCUT2D eigenvalue weighted by atomic mass is 35.5. The van der Waals surface area contributed by atoms with Crippen molar-refractivity contribution >= 4 is 29.7 Å². The lowest BCUT2D eigenvalue weighted by Gasteiger charge is -2.28. The van der Waals surface area contributed by atoms with E-state index in [4.69, 9.17) is 5.73 Å². The summed E-state index contributed by atoms with van der Waals surface area (Å²) in [6, 6.07) is 1.83. The summed E-state index contributed by atoms with van der Waals surface area (Å²) in [5.41, 5.74) is 4.49. The van der Waals surface area contributed by atoms with Gasteiger partial charge in [-0.25, -0.2) is 4.39 Å². The van der Waals surface area contributed by atoms with Crippen LogP contribution < -0.4 is 16.4 Å². The van der Waals surface area contributed by atoms with Crippen molar-refractivity contribution in [2.75, 3.05) is 12.3 Å². The third-order valence-electron chi connectivity index (χ3n) is 3.52. The zero-order valence-corrected chi connectivity index (χ0v) is 12.8. The highest BCUT2D eigenvalue weighted by molar-refractivity contribution is 6.01. The summed E-state index contributed by atoms with van der Waals surface area (Å²) in [4.78, 5) is 22.2. The highest BCUT2D eigenvalue weighted by Crippen LogP contribution is 2.27. The predicted octanol–water partition coefficient (Wildman–Crippen LogP) is 1.61. The minimum Gasteiger partial charge on any atom is -0.393 e. The minimum atomic E-state index is -0.861. The Morgan fingerprint density at radius 1 is 1.55 bits per heavy atom. The zero-order chi connectivity index (χ0) is 15.6. The normalized spacial score (nSPS) is 20.8. The molecule has 0 spiro atoms. The van der Waals surface area contributed by atoms with Gasteiger partial charge in [0.05, 0.1) is 16.6 Å². The van der Waals surface area contributed by atoms with E-state index in [-0.39, 0.29) is 35.7 Å². The maximum absolute atomic E-state index is 13.4. The number of hydrogen-bond acceptors (Lipinski definition) is 5. The Kier molecular flexibility index (Phi) is 6.07. The first-order valence-electron chi connectivity index (χ1n) is 6.66. The second kappa shape index (κ2) is 7.37. The van der Waals surface area contributed by atoms with E-state index in [2.05, 4.69) is 10.6 Å². The van der Waals surface area contributed by atoms with E-state index in [0.29, 0.717) is 6.07 Å². The Balaban J connectivity index is 0.00000242. The predicted molar refractivity (Wildman–Crippen MR) is 82.7 cm³/mol. The van der Waals surface area contributed by atoms with Crippen molar-refractivity contribution in [2.45, 2.75) is 31.8 Å². The Morgan fingerprint density at radius 3 is 2.82 bits per heavy atom. The van der Waals surface area contributed by atoms with Crippen molar-refractivity contribution < 1.29 is 14.1 Å². The standard InChI is InChI=1S/C13H17FN4O3.ClH/c1-7-4-9(2-3-16-7)17-13(19)10-5-8(14)6-11(12(10)15)18(20)21;/h5-7,9,16H,2-4,15H2,1H3,(H,17,19);1H. The molecule has 1 aromatic carbocycles. The summed E-state index contributed by atoms with van der Waals surface area (Å²) >= 11 is 0. The zero-order valence-electron chi connectivity index (χ0n) is 12.0. The minimum absolute atomic E-state index is 0. The van der Waals surface area contributed by atoms with Crippen LogP contribution in [0.1, 0.15) is 30.1 Å². The Hall–Kier alpha value is -1.93. The number of nitrogens with zero attached hydrogens (tertiary/aromatic N) is 1. The van der Waals surface area contributed by atoms with Gasteiger partial charge in [-0.2, -0.15) is 0 Å². The molecule has 2 unspecified atom stereocenters. The van der Waals surface area contributed by atoms with Gasteiger partial charge in [0.15, 0.2) is 0 Å². The van der Waals surface area contributed by atoms with Crippen molar-refractivity contribution in [2.24, 2.45) is 0 Å². The number of benzene rings is 1. The summed E-state index contributed by atoms with van der Waals surface area (Å²) in [5.74, 6) is -1.45. The second-order valence-electron chi connectivity index (χ2n) is 5.19. The molecule has 0 aromatic heterocycles. The molecule has 1 aliphatic rings. The van der Waals surface area contributed by atoms with Crippen molar-refractivity contribution in [3.05, 3.63) is 33.6 Å². The van der Waals surface area contributed by atoms with Crippen LogP contribution in [0.15, 0.2) is 12.1 Å². The number of nitrogens with two attached hydrogens (primary N) is 1. The van der Waals surface area contributed by atoms with Crippen LogP contribution in [0.5, 0.6) is 0 Å². The lowest BCUT2D eigenvalue weighted by molar-refractivity contribution is -0.384. The molecule has 4 N–H and O–H groups in total. The van der Waals surface area contributed by atoms with Crippen LogP contribution in [-0.4, -0.2) is 29.5 Å². The summed E-state index contributed by atoms with van der Waals surface area (Å²) in [6.45, 7) is 2.77. The highest BCUT2D eigenvalue weighted by Gasteiger charge is 2.25. The fraction of sp³-hybridized carbons (Fsp3) is 0.462. The van der Waals surface area contributed by atoms with Crippen LogP contribution in [0.25, 0.3) is 0 Å². The van der Waals surface area contributed by atoms with E-state index in [1.54, 1.807) is 0 Å². The number of carbonyl (C=O) groups is 1. The molecule has 1 amide bonds. The van der Waals surface area contributed by atoms with Gasteiger partial charge in [0.2, 0.25) is 0 Å². The van der Waals surface area contributed by atoms with Crippen molar-refractivity contribution in [3.8, 4) is 0 Å². The molecule has 0 aliphatic carbocycles. The molecule has 0 radical (unpaired) electrons. The monoisotopic (exact) mass is 332 g/mol. The number of nitrogen functional groups attached to an aromatic ring is 1. The number of rotatable bonds is 3. The van der Waals surface area contributed by atoms with Gasteiger partial charge in [0, 0.05) is 12.1 Å². The smallest absolute Gasteiger partial charge is 0.295 e. The molecule has 9 heteroatoms. The average molecular weight is 333 g/mol. The quantitative estimate of drug-likeness (QED) is 0.442. The van der Waals surface area contributed by atoms with Crippen molar-refractivity contribution in [3.63, 3.8) is 0 Å². The topological polar surface area (TPSA) is 110 Å². The van der Waals surface area contributed by atoms with E-state index in [0.717, 1.165) is 25.5 Å². The van der Waals surface area contributed by atoms with Crippen LogP contribution in [-0.2, 0) is 0 Å². The molecule has 22 heavy (non-hydrogen) atoms. The van der Waals surface area contributed by atoms with E-state index in [9.17, 15) is 19.3 Å². The first kappa shape index (κ1) is 18.1. The van der Waals surface area contributed by atoms with Gasteiger partial charge < -0.3 is 16.4 Å². The van der Waals surface area contributed by atoms with Crippen LogP contribution in [0.3, 0.4) is 0 Å². The first-order chi connectivity index (χ1) is 9.88. The molecule has 1 heterocycles. The SMILES string of the molecule is CC1CC(NC(=O)c2cc(F)cc([N+](=O)[O-])c2N)CCN1.Cl. The second-order valence-corrected chi connectivity index (χ2v) is 5.19. The van der Waals surface area contributed by atoms with Gasteiger partial charge >= 0.3 is 0 Å². The number of carbonyl (C=O) groups excluding carboxylic acids is 1. The van der Waals surface area contributed by atoms with Crippen molar-refractivity contribution in [1.82, 2.24) is 10.6 Å². The van der Waals surface area contributed by atoms with Crippen LogP contribution >= 0.6 is 12.4 Å². The number of piperidine rings is 1.